The highest BCUT2D eigenvalue weighted by molar-refractivity contribution is 7.10. The number of ether oxygens (including phenoxy) is 2. The highest BCUT2D eigenvalue weighted by atomic mass is 32.1. The molecule has 0 unspecified atom stereocenters. The van der Waals surface area contributed by atoms with Crippen LogP contribution in [0.2, 0.25) is 0 Å². The van der Waals surface area contributed by atoms with Gasteiger partial charge in [-0.25, -0.2) is 15.2 Å². The molecule has 5 atom stereocenters. The van der Waals surface area contributed by atoms with E-state index in [4.69, 9.17) is 19.4 Å². The topological polar surface area (TPSA) is 154 Å². The second-order valence-electron chi connectivity index (χ2n) is 18.2. The third-order valence-corrected chi connectivity index (χ3v) is 13.8. The van der Waals surface area contributed by atoms with Gasteiger partial charge < -0.3 is 34.3 Å². The minimum atomic E-state index is -0.974. The summed E-state index contributed by atoms with van der Waals surface area (Å²) >= 11 is 1.45. The normalized spacial score (nSPS) is 22.1. The van der Waals surface area contributed by atoms with Crippen LogP contribution in [0.15, 0.2) is 41.9 Å². The zero-order valence-electron chi connectivity index (χ0n) is 37.2. The van der Waals surface area contributed by atoms with Crippen molar-refractivity contribution in [3.63, 3.8) is 0 Å². The molecule has 2 saturated heterocycles. The zero-order chi connectivity index (χ0) is 43.7. The van der Waals surface area contributed by atoms with Crippen LogP contribution in [0, 0.1) is 11.3 Å². The van der Waals surface area contributed by atoms with Gasteiger partial charge in [-0.15, -0.1) is 11.3 Å². The number of thiazole rings is 1. The maximum atomic E-state index is 14.6. The molecule has 0 saturated carbocycles. The van der Waals surface area contributed by atoms with Crippen molar-refractivity contribution in [3.8, 4) is 22.5 Å². The number of urea groups is 1. The lowest BCUT2D eigenvalue weighted by Crippen LogP contribution is -2.64. The van der Waals surface area contributed by atoms with E-state index in [1.807, 2.05) is 38.4 Å². The van der Waals surface area contributed by atoms with Gasteiger partial charge in [-0.1, -0.05) is 33.8 Å². The van der Waals surface area contributed by atoms with Crippen LogP contribution in [-0.2, 0) is 38.4 Å². The molecule has 330 valence electrons. The number of likely N-dealkylation sites (tertiary alicyclic amines) is 1. The van der Waals surface area contributed by atoms with Crippen LogP contribution in [0.5, 0.6) is 0 Å². The number of aliphatic hydroxyl groups is 1. The Bertz CT molecular complexity index is 2210. The van der Waals surface area contributed by atoms with E-state index in [2.05, 4.69) is 60.3 Å². The van der Waals surface area contributed by atoms with Gasteiger partial charge in [0, 0.05) is 74.4 Å². The van der Waals surface area contributed by atoms with Gasteiger partial charge in [-0.05, 0) is 87.1 Å². The Morgan fingerprint density at radius 1 is 1.15 bits per heavy atom. The number of likely N-dealkylation sites (N-methyl/N-ethyl adjacent to an activating group) is 1. The predicted molar refractivity (Wildman–Crippen MR) is 238 cm³/mol. The Hall–Kier alpha value is -4.41. The van der Waals surface area contributed by atoms with Gasteiger partial charge in [0.1, 0.15) is 12.1 Å². The van der Waals surface area contributed by atoms with Crippen molar-refractivity contribution in [2.45, 2.75) is 123 Å². The number of carbonyl (C=O) groups excluding carboxylic acids is 3. The number of benzene rings is 1. The maximum absolute atomic E-state index is 14.6. The van der Waals surface area contributed by atoms with Crippen LogP contribution in [0.3, 0.4) is 0 Å². The molecule has 3 aliphatic rings. The Labute approximate surface area is 364 Å². The van der Waals surface area contributed by atoms with Gasteiger partial charge in [0.25, 0.3) is 5.91 Å². The lowest BCUT2D eigenvalue weighted by atomic mass is 9.78. The van der Waals surface area contributed by atoms with Crippen LogP contribution in [0.4, 0.5) is 4.79 Å². The summed E-state index contributed by atoms with van der Waals surface area (Å²) in [4.78, 5) is 55.4. The van der Waals surface area contributed by atoms with E-state index in [0.717, 1.165) is 58.5 Å². The number of nitrogens with one attached hydrogen (secondary N) is 2. The van der Waals surface area contributed by atoms with Crippen LogP contribution in [-0.4, -0.2) is 124 Å². The first-order chi connectivity index (χ1) is 29.1. The van der Waals surface area contributed by atoms with Gasteiger partial charge >= 0.3 is 6.03 Å². The number of aliphatic hydroxyl groups excluding tert-OH is 1. The van der Waals surface area contributed by atoms with E-state index < -0.39 is 24.1 Å². The predicted octanol–water partition coefficient (Wildman–Crippen LogP) is 6.21. The molecule has 3 aromatic heterocycles. The summed E-state index contributed by atoms with van der Waals surface area (Å²) in [6.07, 6.45) is 4.49. The molecule has 0 radical (unpaired) electrons. The van der Waals surface area contributed by atoms with Crippen molar-refractivity contribution in [1.82, 2.24) is 40.1 Å². The molecule has 4 aromatic rings. The average molecular weight is 857 g/mol. The summed E-state index contributed by atoms with van der Waals surface area (Å²) in [6, 6.07) is 8.26. The van der Waals surface area contributed by atoms with Gasteiger partial charge in [-0.2, -0.15) is 0 Å². The molecular weight excluding hydrogens is 793 g/mol. The number of pyridine rings is 1. The third kappa shape index (κ3) is 9.22. The number of amides is 4. The first kappa shape index (κ1) is 44.6. The number of hydrogen-bond acceptors (Lipinski definition) is 10. The monoisotopic (exact) mass is 856 g/mol. The highest BCUT2D eigenvalue weighted by Crippen LogP contribution is 2.43. The number of carbonyl (C=O) groups is 3. The van der Waals surface area contributed by atoms with Gasteiger partial charge in [0.2, 0.25) is 5.91 Å². The fraction of sp³-hybridized carbons (Fsp3) is 0.587. The van der Waals surface area contributed by atoms with Crippen molar-refractivity contribution in [3.05, 3.63) is 58.2 Å². The fourth-order valence-electron chi connectivity index (χ4n) is 9.38. The van der Waals surface area contributed by atoms with Gasteiger partial charge in [-0.3, -0.25) is 19.6 Å². The largest absolute Gasteiger partial charge is 0.391 e. The summed E-state index contributed by atoms with van der Waals surface area (Å²) in [5, 5.41) is 20.3. The minimum Gasteiger partial charge on any atom is -0.391 e. The summed E-state index contributed by atoms with van der Waals surface area (Å²) in [7, 11) is 4.98. The van der Waals surface area contributed by atoms with Gasteiger partial charge in [0.15, 0.2) is 0 Å². The molecule has 61 heavy (non-hydrogen) atoms. The summed E-state index contributed by atoms with van der Waals surface area (Å²) < 4.78 is 13.6. The summed E-state index contributed by atoms with van der Waals surface area (Å²) in [5.74, 6) is -0.946. The van der Waals surface area contributed by atoms with E-state index in [9.17, 15) is 19.5 Å². The Morgan fingerprint density at radius 2 is 1.92 bits per heavy atom. The molecule has 1 aromatic carbocycles. The molecule has 3 N–H and O–H groups in total. The van der Waals surface area contributed by atoms with Gasteiger partial charge in [0.05, 0.1) is 59.5 Å². The molecule has 0 aliphatic carbocycles. The maximum Gasteiger partial charge on any atom is 0.320 e. The molecule has 2 fully saturated rings. The van der Waals surface area contributed by atoms with E-state index in [0.29, 0.717) is 43.9 Å². The number of nitrogens with zero attached hydrogens (tertiary/aromatic N) is 6. The number of hydrogen-bond donors (Lipinski definition) is 3. The number of aromatic nitrogens is 3. The van der Waals surface area contributed by atoms with E-state index in [-0.39, 0.29) is 47.9 Å². The molecule has 4 amide bonds. The highest BCUT2D eigenvalue weighted by Gasteiger charge is 2.40. The van der Waals surface area contributed by atoms with Crippen molar-refractivity contribution in [2.24, 2.45) is 11.3 Å². The van der Waals surface area contributed by atoms with Crippen molar-refractivity contribution < 1.29 is 29.0 Å². The van der Waals surface area contributed by atoms with E-state index in [1.54, 1.807) is 31.2 Å². The first-order valence-corrected chi connectivity index (χ1v) is 22.7. The number of rotatable bonds is 9. The van der Waals surface area contributed by atoms with E-state index >= 15 is 0 Å². The lowest BCUT2D eigenvalue weighted by molar-refractivity contribution is -0.143. The number of aryl methyl sites for hydroxylation is 1. The van der Waals surface area contributed by atoms with Crippen LogP contribution < -0.4 is 10.7 Å². The fourth-order valence-corrected chi connectivity index (χ4v) is 10.2. The Morgan fingerprint density at radius 3 is 2.62 bits per heavy atom. The molecule has 3 aliphatic heterocycles. The minimum absolute atomic E-state index is 0.0218. The summed E-state index contributed by atoms with van der Waals surface area (Å²) in [6.45, 7) is 14.6. The molecule has 15 heteroatoms. The molecule has 7 rings (SSSR count). The Balaban J connectivity index is 1.29. The number of fused-ring (bicyclic) bond motifs is 6. The van der Waals surface area contributed by atoms with Crippen LogP contribution in [0.1, 0.15) is 89.6 Å². The van der Waals surface area contributed by atoms with E-state index in [1.165, 1.54) is 21.8 Å². The van der Waals surface area contributed by atoms with Crippen LogP contribution >= 0.6 is 11.3 Å². The lowest BCUT2D eigenvalue weighted by Gasteiger charge is -2.42. The number of hydrazine groups is 1. The van der Waals surface area contributed by atoms with Crippen molar-refractivity contribution in [1.29, 1.82) is 0 Å². The average Bonchev–Trinajstić information content (AvgIpc) is 3.82. The molecule has 6 bridgehead atoms. The quantitative estimate of drug-likeness (QED) is 0.178. The van der Waals surface area contributed by atoms with Crippen LogP contribution in [0.25, 0.3) is 33.4 Å². The zero-order valence-corrected chi connectivity index (χ0v) is 38.1. The van der Waals surface area contributed by atoms with Crippen molar-refractivity contribution >= 4 is 40.1 Å². The molecular formula is C46H64N8O6S. The summed E-state index contributed by atoms with van der Waals surface area (Å²) in [5.41, 5.74) is 10.3. The second kappa shape index (κ2) is 18.5. The first-order valence-electron chi connectivity index (χ1n) is 21.8. The second-order valence-corrected chi connectivity index (χ2v) is 19.1. The molecule has 0 spiro atoms. The molecule has 6 heterocycles. The third-order valence-electron chi connectivity index (χ3n) is 12.9. The SMILES string of the molecule is CCn1c(-c2cccnc2[C@H](C)OC)c2c3cc(ccc31)-c1csc(n1)C[C@H](NC(=O)[C@H](C(C)C)N(C)C(=O)N1CC(OC)C1)C(=O)N1CCC[C@H](N1)[C@H](O)CCC(C)(C)C2. The smallest absolute Gasteiger partial charge is 0.320 e. The Kier molecular flexibility index (Phi) is 13.5. The number of methoxy groups -OCH3 is 2. The molecule has 14 nitrogen and oxygen atoms in total. The van der Waals surface area contributed by atoms with Crippen molar-refractivity contribution in [2.75, 3.05) is 40.9 Å². The standard InChI is InChI=1S/C46H64N8O6S/c1-10-53-37-16-15-29-21-32(37)33(42(53)31-13-11-19-47-40(31)28(4)59-8)23-46(5,6)18-17-38(55)34-14-12-20-54(50-34)44(57)35(22-39-48-36(29)26-61-39)49-43(56)41(27(2)3)51(7)45(58)52-24-30(25-52)60-9/h11,13,15-16,19,21,26-28,30,34-35,38,41,50,55H,10,12,14,17-18,20,22-25H2,1-9H3,(H,49,56)/t28-,34-,35-,38+,41-/m0/s1.